The molecule has 60 valence electrons. The number of fused-ring (bicyclic) bond motifs is 3. The van der Waals surface area contributed by atoms with Gasteiger partial charge in [-0.15, -0.1) is 11.8 Å². The Morgan fingerprint density at radius 3 is 3.58 bits per heavy atom. The van der Waals surface area contributed by atoms with Crippen molar-refractivity contribution >= 4 is 29.4 Å². The van der Waals surface area contributed by atoms with Crippen molar-refractivity contribution < 1.29 is 1.37 Å². The van der Waals surface area contributed by atoms with Crippen LogP contribution in [0.3, 0.4) is 0 Å². The maximum atomic E-state index is 7.79. The number of nitrogens with zero attached hydrogens (tertiary/aromatic N) is 1. The minimum absolute atomic E-state index is 0.266. The van der Waals surface area contributed by atoms with Gasteiger partial charge < -0.3 is 5.32 Å². The van der Waals surface area contributed by atoms with E-state index in [1.165, 1.54) is 4.90 Å². The lowest BCUT2D eigenvalue weighted by Crippen LogP contribution is -1.88. The molecule has 0 aromatic heterocycles. The van der Waals surface area contributed by atoms with Gasteiger partial charge in [0.25, 0.3) is 0 Å². The normalized spacial score (nSPS) is 24.7. The summed E-state index contributed by atoms with van der Waals surface area (Å²) < 4.78 is 7.79. The largest absolute Gasteiger partial charge is 0.375 e. The van der Waals surface area contributed by atoms with E-state index in [9.17, 15) is 0 Å². The average molecular weight is 177 g/mol. The number of thioether (sulfide) groups is 1. The van der Waals surface area contributed by atoms with E-state index in [1.807, 2.05) is 12.1 Å². The van der Waals surface area contributed by atoms with Crippen LogP contribution in [0.2, 0.25) is 0 Å². The van der Waals surface area contributed by atoms with Gasteiger partial charge in [-0.25, -0.2) is 0 Å². The number of anilines is 1. The highest BCUT2D eigenvalue weighted by molar-refractivity contribution is 8.00. The molecule has 0 spiro atoms. The molecule has 1 aromatic carbocycles. The van der Waals surface area contributed by atoms with Gasteiger partial charge in [0.1, 0.15) is 0 Å². The maximum Gasteiger partial charge on any atom is 0.0674 e. The molecule has 2 heterocycles. The topological polar surface area (TPSA) is 24.4 Å². The SMILES string of the molecule is [2H]C1C=Nc2ccc3c(c21)SCN3. The lowest BCUT2D eigenvalue weighted by atomic mass is 10.1. The fraction of sp³-hybridized carbons (Fsp3) is 0.222. The Balaban J connectivity index is 2.27. The summed E-state index contributed by atoms with van der Waals surface area (Å²) in [6.45, 7) is 0. The summed E-state index contributed by atoms with van der Waals surface area (Å²) in [5, 5.41) is 3.27. The standard InChI is InChI=1S/C9H8N2S/c1-2-8-9(12-5-11-8)6-3-4-10-7(1)6/h1-2,4,11H,3,5H2/i3D. The molecule has 2 aliphatic heterocycles. The van der Waals surface area contributed by atoms with E-state index in [4.69, 9.17) is 1.37 Å². The molecule has 0 fully saturated rings. The van der Waals surface area contributed by atoms with Gasteiger partial charge in [-0.3, -0.25) is 4.99 Å². The Morgan fingerprint density at radius 1 is 1.58 bits per heavy atom. The molecule has 0 aliphatic carbocycles. The first-order chi connectivity index (χ1) is 6.36. The quantitative estimate of drug-likeness (QED) is 0.658. The van der Waals surface area contributed by atoms with Crippen molar-refractivity contribution in [2.75, 3.05) is 11.2 Å². The molecule has 1 N–H and O–H groups in total. The minimum Gasteiger partial charge on any atom is -0.375 e. The van der Waals surface area contributed by atoms with Crippen LogP contribution in [0.1, 0.15) is 6.93 Å². The molecule has 3 rings (SSSR count). The monoisotopic (exact) mass is 177 g/mol. The molecule has 0 saturated heterocycles. The van der Waals surface area contributed by atoms with Crippen molar-refractivity contribution in [2.24, 2.45) is 4.99 Å². The molecule has 12 heavy (non-hydrogen) atoms. The molecule has 0 bridgehead atoms. The molecule has 0 radical (unpaired) electrons. The lowest BCUT2D eigenvalue weighted by Gasteiger charge is -2.03. The Bertz CT molecular complexity index is 403. The smallest absolute Gasteiger partial charge is 0.0674 e. The van der Waals surface area contributed by atoms with Crippen LogP contribution in [-0.2, 0) is 6.40 Å². The number of aliphatic imine (C=N–C) groups is 1. The molecule has 1 unspecified atom stereocenters. The van der Waals surface area contributed by atoms with Crippen LogP contribution in [0, 0.1) is 0 Å². The Labute approximate surface area is 76.5 Å². The van der Waals surface area contributed by atoms with E-state index >= 15 is 0 Å². The minimum atomic E-state index is -0.266. The first-order valence-electron chi connectivity index (χ1n) is 4.44. The van der Waals surface area contributed by atoms with Crippen molar-refractivity contribution in [2.45, 2.75) is 11.3 Å². The summed E-state index contributed by atoms with van der Waals surface area (Å²) in [5.74, 6) is 0.915. The number of nitrogens with one attached hydrogen (secondary N) is 1. The zero-order valence-electron chi connectivity index (χ0n) is 7.37. The van der Waals surface area contributed by atoms with Gasteiger partial charge in [-0.1, -0.05) is 0 Å². The molecule has 1 aromatic rings. The molecular weight excluding hydrogens is 168 g/mol. The summed E-state index contributed by atoms with van der Waals surface area (Å²) in [7, 11) is 0. The van der Waals surface area contributed by atoms with E-state index in [1.54, 1.807) is 18.0 Å². The lowest BCUT2D eigenvalue weighted by molar-refractivity contribution is 1.28. The number of rotatable bonds is 0. The molecular formula is C9H8N2S. The second-order valence-electron chi connectivity index (χ2n) is 2.79. The Morgan fingerprint density at radius 2 is 2.58 bits per heavy atom. The predicted octanol–water partition coefficient (Wildman–Crippen LogP) is 2.42. The third-order valence-corrected chi connectivity index (χ3v) is 3.12. The molecule has 0 amide bonds. The van der Waals surface area contributed by atoms with Crippen LogP contribution in [0.5, 0.6) is 0 Å². The fourth-order valence-electron chi connectivity index (χ4n) is 1.54. The highest BCUT2D eigenvalue weighted by Crippen LogP contribution is 2.42. The molecule has 2 aliphatic rings. The van der Waals surface area contributed by atoms with Gasteiger partial charge in [0.15, 0.2) is 0 Å². The average Bonchev–Trinajstić information content (AvgIpc) is 2.70. The summed E-state index contributed by atoms with van der Waals surface area (Å²) in [6.07, 6.45) is 1.43. The molecule has 2 nitrogen and oxygen atoms in total. The van der Waals surface area contributed by atoms with Crippen LogP contribution in [0.15, 0.2) is 22.0 Å². The van der Waals surface area contributed by atoms with E-state index in [0.29, 0.717) is 0 Å². The van der Waals surface area contributed by atoms with Crippen LogP contribution in [0.4, 0.5) is 11.4 Å². The molecule has 3 heteroatoms. The van der Waals surface area contributed by atoms with Crippen LogP contribution in [-0.4, -0.2) is 12.1 Å². The highest BCUT2D eigenvalue weighted by atomic mass is 32.2. The number of hydrogen-bond acceptors (Lipinski definition) is 3. The molecule has 0 saturated carbocycles. The van der Waals surface area contributed by atoms with E-state index in [0.717, 1.165) is 22.8 Å². The van der Waals surface area contributed by atoms with Crippen LogP contribution >= 0.6 is 11.8 Å². The third kappa shape index (κ3) is 0.743. The van der Waals surface area contributed by atoms with Crippen molar-refractivity contribution in [3.8, 4) is 0 Å². The van der Waals surface area contributed by atoms with Crippen molar-refractivity contribution in [1.82, 2.24) is 0 Å². The summed E-state index contributed by atoms with van der Waals surface area (Å²) in [5.41, 5.74) is 3.20. The van der Waals surface area contributed by atoms with Gasteiger partial charge >= 0.3 is 0 Å². The second-order valence-corrected chi connectivity index (χ2v) is 3.77. The molecule has 1 atom stereocenters. The summed E-state index contributed by atoms with van der Waals surface area (Å²) in [6, 6.07) is 4.03. The maximum absolute atomic E-state index is 7.79. The van der Waals surface area contributed by atoms with E-state index in [2.05, 4.69) is 10.3 Å². The van der Waals surface area contributed by atoms with E-state index < -0.39 is 0 Å². The predicted molar refractivity (Wildman–Crippen MR) is 52.6 cm³/mol. The Kier molecular flexibility index (Phi) is 1.06. The van der Waals surface area contributed by atoms with Gasteiger partial charge in [-0.2, -0.15) is 0 Å². The summed E-state index contributed by atoms with van der Waals surface area (Å²) in [4.78, 5) is 5.42. The third-order valence-electron chi connectivity index (χ3n) is 2.11. The van der Waals surface area contributed by atoms with Crippen molar-refractivity contribution in [3.63, 3.8) is 0 Å². The zero-order chi connectivity index (χ0) is 8.84. The highest BCUT2D eigenvalue weighted by Gasteiger charge is 2.19. The first-order valence-corrected chi connectivity index (χ1v) is 4.85. The second kappa shape index (κ2) is 2.26. The van der Waals surface area contributed by atoms with Crippen LogP contribution in [0.25, 0.3) is 0 Å². The Hall–Kier alpha value is -0.960. The van der Waals surface area contributed by atoms with Gasteiger partial charge in [0, 0.05) is 24.6 Å². The first kappa shape index (κ1) is 5.65. The van der Waals surface area contributed by atoms with Gasteiger partial charge in [0.05, 0.1) is 11.6 Å². The zero-order valence-corrected chi connectivity index (χ0v) is 7.19. The van der Waals surface area contributed by atoms with Crippen LogP contribution < -0.4 is 5.32 Å². The summed E-state index contributed by atoms with van der Waals surface area (Å²) >= 11 is 1.77. The van der Waals surface area contributed by atoms with Crippen molar-refractivity contribution in [3.05, 3.63) is 17.7 Å². The number of hydrogen-bond donors (Lipinski definition) is 1. The van der Waals surface area contributed by atoms with E-state index in [-0.39, 0.29) is 6.40 Å². The fourth-order valence-corrected chi connectivity index (χ4v) is 2.53. The van der Waals surface area contributed by atoms with Gasteiger partial charge in [0.2, 0.25) is 0 Å². The van der Waals surface area contributed by atoms with Crippen molar-refractivity contribution in [1.29, 1.82) is 0 Å². The van der Waals surface area contributed by atoms with Gasteiger partial charge in [-0.05, 0) is 17.7 Å². The number of benzene rings is 1.